The SMILES string of the molecule is CCCOc1cc(CN2CCN(C)CC2)cc(-c2ccc(S(=O)(=O)O)cc2)c1. The normalized spacial score (nSPS) is 16.2. The number of benzene rings is 2. The zero-order valence-corrected chi connectivity index (χ0v) is 17.3. The van der Waals surface area contributed by atoms with Crippen LogP contribution in [-0.2, 0) is 16.7 Å². The van der Waals surface area contributed by atoms with Gasteiger partial charge in [0.15, 0.2) is 0 Å². The molecule has 0 aliphatic carbocycles. The Morgan fingerprint density at radius 3 is 2.29 bits per heavy atom. The van der Waals surface area contributed by atoms with Crippen molar-refractivity contribution in [3.8, 4) is 16.9 Å². The number of nitrogens with zero attached hydrogens (tertiary/aromatic N) is 2. The van der Waals surface area contributed by atoms with Crippen LogP contribution in [0.1, 0.15) is 18.9 Å². The van der Waals surface area contributed by atoms with Gasteiger partial charge in [-0.05, 0) is 60.5 Å². The van der Waals surface area contributed by atoms with Crippen LogP contribution in [0, 0.1) is 0 Å². The Morgan fingerprint density at radius 2 is 1.68 bits per heavy atom. The van der Waals surface area contributed by atoms with E-state index in [1.54, 1.807) is 12.1 Å². The Kier molecular flexibility index (Phi) is 6.72. The second-order valence-electron chi connectivity index (χ2n) is 7.29. The molecule has 0 amide bonds. The molecule has 7 heteroatoms. The molecule has 0 atom stereocenters. The maximum absolute atomic E-state index is 11.3. The zero-order chi connectivity index (χ0) is 20.1. The second kappa shape index (κ2) is 9.05. The van der Waals surface area contributed by atoms with E-state index in [-0.39, 0.29) is 4.90 Å². The van der Waals surface area contributed by atoms with Crippen molar-refractivity contribution in [1.82, 2.24) is 9.80 Å². The molecule has 0 bridgehead atoms. The van der Waals surface area contributed by atoms with Crippen LogP contribution in [0.25, 0.3) is 11.1 Å². The molecule has 1 saturated heterocycles. The summed E-state index contributed by atoms with van der Waals surface area (Å²) in [6.07, 6.45) is 0.932. The quantitative estimate of drug-likeness (QED) is 0.715. The highest BCUT2D eigenvalue weighted by atomic mass is 32.2. The first-order valence-electron chi connectivity index (χ1n) is 9.61. The first kappa shape index (κ1) is 20.8. The van der Waals surface area contributed by atoms with Crippen LogP contribution in [-0.4, -0.2) is 62.6 Å². The average molecular weight is 405 g/mol. The molecule has 6 nitrogen and oxygen atoms in total. The van der Waals surface area contributed by atoms with Crippen LogP contribution in [0.4, 0.5) is 0 Å². The maximum Gasteiger partial charge on any atom is 0.294 e. The summed E-state index contributed by atoms with van der Waals surface area (Å²) in [5.41, 5.74) is 3.03. The van der Waals surface area contributed by atoms with Crippen molar-refractivity contribution >= 4 is 10.1 Å². The summed E-state index contributed by atoms with van der Waals surface area (Å²) in [5.74, 6) is 0.822. The van der Waals surface area contributed by atoms with Crippen molar-refractivity contribution in [3.05, 3.63) is 48.0 Å². The number of rotatable bonds is 7. The van der Waals surface area contributed by atoms with Crippen LogP contribution < -0.4 is 4.74 Å². The molecule has 1 heterocycles. The van der Waals surface area contributed by atoms with E-state index >= 15 is 0 Å². The third-order valence-electron chi connectivity index (χ3n) is 4.93. The molecule has 0 saturated carbocycles. The lowest BCUT2D eigenvalue weighted by atomic mass is 10.0. The fourth-order valence-corrected chi connectivity index (χ4v) is 3.79. The molecule has 0 radical (unpaired) electrons. The maximum atomic E-state index is 11.3. The van der Waals surface area contributed by atoms with Crippen LogP contribution >= 0.6 is 0 Å². The molecule has 0 unspecified atom stereocenters. The zero-order valence-electron chi connectivity index (χ0n) is 16.5. The van der Waals surface area contributed by atoms with Gasteiger partial charge < -0.3 is 9.64 Å². The molecule has 0 aromatic heterocycles. The molecule has 0 spiro atoms. The van der Waals surface area contributed by atoms with Crippen LogP contribution in [0.15, 0.2) is 47.4 Å². The highest BCUT2D eigenvalue weighted by Crippen LogP contribution is 2.28. The molecule has 2 aromatic carbocycles. The molecule has 3 rings (SSSR count). The minimum atomic E-state index is -4.19. The molecule has 1 aliphatic heterocycles. The minimum Gasteiger partial charge on any atom is -0.494 e. The van der Waals surface area contributed by atoms with E-state index in [0.29, 0.717) is 6.61 Å². The monoisotopic (exact) mass is 404 g/mol. The fraction of sp³-hybridized carbons (Fsp3) is 0.429. The summed E-state index contributed by atoms with van der Waals surface area (Å²) < 4.78 is 37.6. The van der Waals surface area contributed by atoms with Crippen molar-refractivity contribution in [2.24, 2.45) is 0 Å². The van der Waals surface area contributed by atoms with E-state index in [0.717, 1.165) is 56.0 Å². The largest absolute Gasteiger partial charge is 0.494 e. The Balaban J connectivity index is 1.86. The van der Waals surface area contributed by atoms with Gasteiger partial charge in [0.25, 0.3) is 10.1 Å². The van der Waals surface area contributed by atoms with Gasteiger partial charge in [0.2, 0.25) is 0 Å². The van der Waals surface area contributed by atoms with Gasteiger partial charge in [-0.3, -0.25) is 9.45 Å². The van der Waals surface area contributed by atoms with Crippen molar-refractivity contribution < 1.29 is 17.7 Å². The Labute approximate surface area is 167 Å². The standard InChI is InChI=1S/C21H28N2O4S/c1-3-12-27-20-14-17(16-23-10-8-22(2)9-11-23)13-19(15-20)18-4-6-21(7-5-18)28(24,25)26/h4-7,13-15H,3,8-12,16H2,1-2H3,(H,24,25,26). The summed E-state index contributed by atoms with van der Waals surface area (Å²) in [6.45, 7) is 7.78. The molecule has 1 aliphatic rings. The third-order valence-corrected chi connectivity index (χ3v) is 5.79. The van der Waals surface area contributed by atoms with Gasteiger partial charge in [0, 0.05) is 32.7 Å². The van der Waals surface area contributed by atoms with Crippen molar-refractivity contribution in [2.75, 3.05) is 39.8 Å². The van der Waals surface area contributed by atoms with Crippen molar-refractivity contribution in [3.63, 3.8) is 0 Å². The van der Waals surface area contributed by atoms with Gasteiger partial charge in [-0.25, -0.2) is 0 Å². The van der Waals surface area contributed by atoms with Crippen LogP contribution in [0.5, 0.6) is 5.75 Å². The van der Waals surface area contributed by atoms with E-state index in [9.17, 15) is 13.0 Å². The average Bonchev–Trinajstić information content (AvgIpc) is 2.67. The van der Waals surface area contributed by atoms with Gasteiger partial charge in [0.05, 0.1) is 11.5 Å². The lowest BCUT2D eigenvalue weighted by Crippen LogP contribution is -2.43. The van der Waals surface area contributed by atoms with E-state index in [1.165, 1.54) is 17.7 Å². The van der Waals surface area contributed by atoms with Gasteiger partial charge >= 0.3 is 0 Å². The molecule has 1 fully saturated rings. The molecular formula is C21H28N2O4S. The second-order valence-corrected chi connectivity index (χ2v) is 8.71. The van der Waals surface area contributed by atoms with Gasteiger partial charge in [-0.1, -0.05) is 19.1 Å². The Bertz CT molecular complexity index is 889. The van der Waals surface area contributed by atoms with Crippen LogP contribution in [0.3, 0.4) is 0 Å². The summed E-state index contributed by atoms with van der Waals surface area (Å²) in [4.78, 5) is 4.66. The third kappa shape index (κ3) is 5.54. The summed E-state index contributed by atoms with van der Waals surface area (Å²) in [6, 6.07) is 12.5. The van der Waals surface area contributed by atoms with E-state index in [1.807, 2.05) is 6.07 Å². The Hall–Kier alpha value is -1.93. The highest BCUT2D eigenvalue weighted by Gasteiger charge is 2.15. The number of hydrogen-bond donors (Lipinski definition) is 1. The van der Waals surface area contributed by atoms with Crippen molar-refractivity contribution in [2.45, 2.75) is 24.8 Å². The number of likely N-dealkylation sites (N-methyl/N-ethyl adjacent to an activating group) is 1. The number of hydrogen-bond acceptors (Lipinski definition) is 5. The molecule has 2 aromatic rings. The highest BCUT2D eigenvalue weighted by molar-refractivity contribution is 7.85. The fourth-order valence-electron chi connectivity index (χ4n) is 3.31. The van der Waals surface area contributed by atoms with Gasteiger partial charge in [0.1, 0.15) is 5.75 Å². The lowest BCUT2D eigenvalue weighted by molar-refractivity contribution is 0.148. The summed E-state index contributed by atoms with van der Waals surface area (Å²) >= 11 is 0. The number of ether oxygens (including phenoxy) is 1. The first-order chi connectivity index (χ1) is 13.3. The minimum absolute atomic E-state index is 0.104. The van der Waals surface area contributed by atoms with Gasteiger partial charge in [-0.2, -0.15) is 8.42 Å². The molecule has 28 heavy (non-hydrogen) atoms. The summed E-state index contributed by atoms with van der Waals surface area (Å²) in [5, 5.41) is 0. The lowest BCUT2D eigenvalue weighted by Gasteiger charge is -2.32. The predicted octanol–water partition coefficient (Wildman–Crippen LogP) is 3.14. The molecule has 1 N–H and O–H groups in total. The Morgan fingerprint density at radius 1 is 1.00 bits per heavy atom. The topological polar surface area (TPSA) is 70.1 Å². The molecular weight excluding hydrogens is 376 g/mol. The van der Waals surface area contributed by atoms with Gasteiger partial charge in [-0.15, -0.1) is 0 Å². The predicted molar refractivity (Wildman–Crippen MR) is 110 cm³/mol. The smallest absolute Gasteiger partial charge is 0.294 e. The summed E-state index contributed by atoms with van der Waals surface area (Å²) in [7, 11) is -2.05. The van der Waals surface area contributed by atoms with E-state index in [2.05, 4.69) is 35.9 Å². The van der Waals surface area contributed by atoms with Crippen molar-refractivity contribution in [1.29, 1.82) is 0 Å². The van der Waals surface area contributed by atoms with E-state index in [4.69, 9.17) is 4.74 Å². The molecule has 152 valence electrons. The number of piperazine rings is 1. The van der Waals surface area contributed by atoms with Crippen LogP contribution in [0.2, 0.25) is 0 Å². The first-order valence-corrected chi connectivity index (χ1v) is 11.0. The van der Waals surface area contributed by atoms with E-state index < -0.39 is 10.1 Å².